The molecule has 1 heterocycles. The Bertz CT molecular complexity index is 795. The number of carbonyl (C=O) groups excluding carboxylic acids is 2. The summed E-state index contributed by atoms with van der Waals surface area (Å²) >= 11 is 4.50. The van der Waals surface area contributed by atoms with Crippen molar-refractivity contribution in [3.05, 3.63) is 52.0 Å². The second kappa shape index (κ2) is 5.23. The molecule has 0 unspecified atom stereocenters. The molecule has 0 spiro atoms. The van der Waals surface area contributed by atoms with Crippen molar-refractivity contribution < 1.29 is 18.4 Å². The fourth-order valence-electron chi connectivity index (χ4n) is 1.89. The Labute approximate surface area is 130 Å². The predicted octanol–water partition coefficient (Wildman–Crippen LogP) is 4.01. The maximum Gasteiger partial charge on any atom is 0.296 e. The van der Waals surface area contributed by atoms with Gasteiger partial charge in [-0.2, -0.15) is 0 Å². The zero-order chi connectivity index (χ0) is 15.1. The van der Waals surface area contributed by atoms with Crippen LogP contribution in [0.2, 0.25) is 0 Å². The van der Waals surface area contributed by atoms with E-state index >= 15 is 0 Å². The first-order chi connectivity index (χ1) is 9.95. The number of fused-ring (bicyclic) bond motifs is 1. The van der Waals surface area contributed by atoms with Crippen LogP contribution in [0.4, 0.5) is 14.5 Å². The van der Waals surface area contributed by atoms with Gasteiger partial charge in [-0.1, -0.05) is 11.8 Å². The molecule has 2 aromatic rings. The van der Waals surface area contributed by atoms with Crippen molar-refractivity contribution in [3.63, 3.8) is 0 Å². The number of rotatable bonds is 2. The number of carbonyl (C=O) groups is 2. The summed E-state index contributed by atoms with van der Waals surface area (Å²) in [5.74, 6) is -3.10. The van der Waals surface area contributed by atoms with Gasteiger partial charge in [0.1, 0.15) is 0 Å². The summed E-state index contributed by atoms with van der Waals surface area (Å²) in [6.07, 6.45) is 0. The summed E-state index contributed by atoms with van der Waals surface area (Å²) in [7, 11) is 0. The molecule has 1 aliphatic rings. The van der Waals surface area contributed by atoms with Gasteiger partial charge in [-0.15, -0.1) is 0 Å². The largest absolute Gasteiger partial charge is 0.318 e. The minimum Gasteiger partial charge on any atom is -0.318 e. The lowest BCUT2D eigenvalue weighted by molar-refractivity contribution is -0.112. The highest BCUT2D eigenvalue weighted by Gasteiger charge is 2.29. The van der Waals surface area contributed by atoms with Gasteiger partial charge in [0.2, 0.25) is 0 Å². The van der Waals surface area contributed by atoms with Crippen molar-refractivity contribution in [1.82, 2.24) is 0 Å². The Morgan fingerprint density at radius 3 is 2.52 bits per heavy atom. The topological polar surface area (TPSA) is 46.2 Å². The molecule has 2 aromatic carbocycles. The molecule has 3 rings (SSSR count). The van der Waals surface area contributed by atoms with Crippen molar-refractivity contribution in [2.75, 3.05) is 5.32 Å². The van der Waals surface area contributed by atoms with Crippen molar-refractivity contribution in [1.29, 1.82) is 0 Å². The highest BCUT2D eigenvalue weighted by Crippen LogP contribution is 2.39. The summed E-state index contributed by atoms with van der Waals surface area (Å²) < 4.78 is 26.7. The highest BCUT2D eigenvalue weighted by molar-refractivity contribution is 9.10. The first-order valence-corrected chi connectivity index (χ1v) is 7.39. The molecule has 0 bridgehead atoms. The summed E-state index contributed by atoms with van der Waals surface area (Å²) in [4.78, 5) is 24.1. The number of anilines is 1. The zero-order valence-electron chi connectivity index (χ0n) is 10.2. The normalized spacial score (nSPS) is 13.3. The third-order valence-electron chi connectivity index (χ3n) is 2.89. The Hall–Kier alpha value is -1.73. The lowest BCUT2D eigenvalue weighted by Gasteiger charge is -2.07. The van der Waals surface area contributed by atoms with Crippen molar-refractivity contribution in [2.24, 2.45) is 0 Å². The smallest absolute Gasteiger partial charge is 0.296 e. The monoisotopic (exact) mass is 369 g/mol. The summed E-state index contributed by atoms with van der Waals surface area (Å²) in [6, 6.07) is 6.74. The molecule has 3 nitrogen and oxygen atoms in total. The molecule has 1 N–H and O–H groups in total. The molecule has 0 radical (unpaired) electrons. The van der Waals surface area contributed by atoms with E-state index in [0.717, 1.165) is 12.1 Å². The van der Waals surface area contributed by atoms with E-state index in [9.17, 15) is 18.4 Å². The number of amides is 1. The number of Topliss-reactive ketones (excluding diaryl/α,β-unsaturated/α-hetero) is 1. The Morgan fingerprint density at radius 2 is 1.81 bits per heavy atom. The molecule has 1 aliphatic heterocycles. The van der Waals surface area contributed by atoms with Crippen LogP contribution in [0, 0.1) is 11.6 Å². The van der Waals surface area contributed by atoms with Crippen LogP contribution in [0.1, 0.15) is 10.4 Å². The van der Waals surface area contributed by atoms with Crippen LogP contribution in [0.3, 0.4) is 0 Å². The van der Waals surface area contributed by atoms with Gasteiger partial charge in [0.25, 0.3) is 11.7 Å². The molecule has 7 heteroatoms. The average molecular weight is 370 g/mol. The lowest BCUT2D eigenvalue weighted by atomic mass is 10.1. The number of halogens is 3. The van der Waals surface area contributed by atoms with Crippen LogP contribution in [0.25, 0.3) is 0 Å². The van der Waals surface area contributed by atoms with Crippen LogP contribution in [0.15, 0.2) is 44.6 Å². The second-order valence-electron chi connectivity index (χ2n) is 4.29. The Kier molecular flexibility index (Phi) is 3.54. The van der Waals surface area contributed by atoms with Crippen LogP contribution in [-0.2, 0) is 4.79 Å². The molecular formula is C14H6BrF2NO2S. The zero-order valence-corrected chi connectivity index (χ0v) is 12.6. The molecule has 0 atom stereocenters. The molecule has 0 saturated heterocycles. The van der Waals surface area contributed by atoms with E-state index in [1.54, 1.807) is 6.07 Å². The van der Waals surface area contributed by atoms with Crippen molar-refractivity contribution >= 4 is 45.1 Å². The second-order valence-corrected chi connectivity index (χ2v) is 6.26. The van der Waals surface area contributed by atoms with Crippen molar-refractivity contribution in [3.8, 4) is 0 Å². The molecular weight excluding hydrogens is 364 g/mol. The predicted molar refractivity (Wildman–Crippen MR) is 77.6 cm³/mol. The Morgan fingerprint density at radius 1 is 1.05 bits per heavy atom. The van der Waals surface area contributed by atoms with E-state index in [1.807, 2.05) is 0 Å². The van der Waals surface area contributed by atoms with Crippen LogP contribution >= 0.6 is 27.7 Å². The molecule has 0 fully saturated rings. The van der Waals surface area contributed by atoms with Gasteiger partial charge in [0.05, 0.1) is 11.3 Å². The maximum atomic E-state index is 13.2. The highest BCUT2D eigenvalue weighted by atomic mass is 79.9. The standard InChI is InChI=1S/C14H6BrF2NO2S/c15-8-4-7-11(18-14(20)13(7)19)5-12(8)21-6-1-2-9(16)10(17)3-6/h1-5H,(H,18,19,20). The number of nitrogens with one attached hydrogen (secondary N) is 1. The van der Waals surface area contributed by atoms with Gasteiger partial charge < -0.3 is 5.32 Å². The molecule has 106 valence electrons. The van der Waals surface area contributed by atoms with Crippen LogP contribution in [0.5, 0.6) is 0 Å². The third kappa shape index (κ3) is 2.58. The molecule has 0 saturated carbocycles. The van der Waals surface area contributed by atoms with E-state index in [0.29, 0.717) is 25.5 Å². The van der Waals surface area contributed by atoms with E-state index in [1.165, 1.54) is 23.9 Å². The number of benzene rings is 2. The van der Waals surface area contributed by atoms with Gasteiger partial charge in [-0.05, 0) is 46.3 Å². The first kappa shape index (κ1) is 14.2. The van der Waals surface area contributed by atoms with Crippen LogP contribution in [-0.4, -0.2) is 11.7 Å². The molecule has 1 amide bonds. The van der Waals surface area contributed by atoms with Crippen molar-refractivity contribution in [2.45, 2.75) is 9.79 Å². The fraction of sp³-hybridized carbons (Fsp3) is 0. The summed E-state index contributed by atoms with van der Waals surface area (Å²) in [5.41, 5.74) is 0.708. The molecule has 0 aromatic heterocycles. The average Bonchev–Trinajstić information content (AvgIpc) is 2.70. The van der Waals surface area contributed by atoms with E-state index in [2.05, 4.69) is 21.2 Å². The van der Waals surface area contributed by atoms with E-state index in [4.69, 9.17) is 0 Å². The van der Waals surface area contributed by atoms with Gasteiger partial charge in [0, 0.05) is 14.3 Å². The summed E-state index contributed by atoms with van der Waals surface area (Å²) in [5, 5.41) is 2.46. The molecule has 0 aliphatic carbocycles. The summed E-state index contributed by atoms with van der Waals surface area (Å²) in [6.45, 7) is 0. The van der Waals surface area contributed by atoms with Gasteiger partial charge in [-0.3, -0.25) is 9.59 Å². The Balaban J connectivity index is 1.97. The van der Waals surface area contributed by atoms with E-state index < -0.39 is 23.3 Å². The fourth-order valence-corrected chi connectivity index (χ4v) is 3.36. The number of ketones is 1. The third-order valence-corrected chi connectivity index (χ3v) is 4.86. The molecule has 21 heavy (non-hydrogen) atoms. The van der Waals surface area contributed by atoms with Gasteiger partial charge in [0.15, 0.2) is 11.6 Å². The SMILES string of the molecule is O=C1Nc2cc(Sc3ccc(F)c(F)c3)c(Br)cc2C1=O. The minimum atomic E-state index is -0.930. The maximum absolute atomic E-state index is 13.2. The van der Waals surface area contributed by atoms with Gasteiger partial charge >= 0.3 is 0 Å². The minimum absolute atomic E-state index is 0.293. The van der Waals surface area contributed by atoms with Gasteiger partial charge in [-0.25, -0.2) is 8.78 Å². The first-order valence-electron chi connectivity index (χ1n) is 5.78. The number of hydrogen-bond donors (Lipinski definition) is 1. The lowest BCUT2D eigenvalue weighted by Crippen LogP contribution is -2.12. The van der Waals surface area contributed by atoms with Crippen LogP contribution < -0.4 is 5.32 Å². The van der Waals surface area contributed by atoms with E-state index in [-0.39, 0.29) is 0 Å². The number of hydrogen-bond acceptors (Lipinski definition) is 3. The quantitative estimate of drug-likeness (QED) is 0.813.